The highest BCUT2D eigenvalue weighted by atomic mass is 35.5. The quantitative estimate of drug-likeness (QED) is 0.290. The Labute approximate surface area is 138 Å². The average Bonchev–Trinajstić information content (AvgIpc) is 3.27. The maximum Gasteiger partial charge on any atom is 0.343 e. The molecule has 1 heterocycles. The first-order valence-electron chi connectivity index (χ1n) is 6.90. The number of carbonyl (C=O) groups is 1. The summed E-state index contributed by atoms with van der Waals surface area (Å²) >= 11 is 11.9. The summed E-state index contributed by atoms with van der Waals surface area (Å²) in [6.45, 7) is 3.61. The van der Waals surface area contributed by atoms with Crippen LogP contribution in [-0.4, -0.2) is 34.9 Å². The third-order valence-corrected chi connectivity index (χ3v) is 3.74. The molecule has 0 radical (unpaired) electrons. The second-order valence-electron chi connectivity index (χ2n) is 4.93. The minimum Gasteiger partial charge on any atom is -0.506 e. The molecule has 1 aliphatic rings. The molecule has 0 amide bonds. The van der Waals surface area contributed by atoms with Crippen molar-refractivity contribution in [3.63, 3.8) is 0 Å². The van der Waals surface area contributed by atoms with Gasteiger partial charge in [0.05, 0.1) is 18.2 Å². The van der Waals surface area contributed by atoms with E-state index in [-0.39, 0.29) is 39.9 Å². The molecule has 1 aromatic rings. The smallest absolute Gasteiger partial charge is 0.343 e. The van der Waals surface area contributed by atoms with Crippen molar-refractivity contribution in [2.75, 3.05) is 6.61 Å². The molecule has 2 rings (SSSR count). The van der Waals surface area contributed by atoms with E-state index in [1.165, 1.54) is 6.21 Å². The highest BCUT2D eigenvalue weighted by Gasteiger charge is 2.23. The predicted molar refractivity (Wildman–Crippen MR) is 86.7 cm³/mol. The molecule has 0 atom stereocenters. The number of pyridine rings is 1. The summed E-state index contributed by atoms with van der Waals surface area (Å²) < 4.78 is 4.96. The van der Waals surface area contributed by atoms with Crippen LogP contribution < -0.4 is 0 Å². The van der Waals surface area contributed by atoms with Crippen LogP contribution in [0.2, 0.25) is 10.3 Å². The average molecular weight is 343 g/mol. The van der Waals surface area contributed by atoms with E-state index < -0.39 is 5.97 Å². The molecule has 1 aliphatic carbocycles. The molecule has 22 heavy (non-hydrogen) atoms. The number of ether oxygens (including phenoxy) is 1. The number of aryl methyl sites for hydroxylation is 1. The van der Waals surface area contributed by atoms with Crippen LogP contribution in [0, 0.1) is 6.92 Å². The number of aliphatic imine (C=N–C) groups is 1. The number of hydrogen-bond donors (Lipinski definition) is 1. The summed E-state index contributed by atoms with van der Waals surface area (Å²) in [6, 6.07) is 1.77. The predicted octanol–water partition coefficient (Wildman–Crippen LogP) is 3.76. The van der Waals surface area contributed by atoms with Gasteiger partial charge in [-0.3, -0.25) is 4.99 Å². The summed E-state index contributed by atoms with van der Waals surface area (Å²) in [7, 11) is 0. The van der Waals surface area contributed by atoms with Gasteiger partial charge < -0.3 is 9.84 Å². The molecule has 7 heteroatoms. The van der Waals surface area contributed by atoms with E-state index >= 15 is 0 Å². The lowest BCUT2D eigenvalue weighted by Crippen LogP contribution is -2.12. The number of rotatable bonds is 5. The lowest BCUT2D eigenvalue weighted by atomic mass is 10.1. The zero-order chi connectivity index (χ0) is 16.3. The Hall–Kier alpha value is -1.59. The largest absolute Gasteiger partial charge is 0.506 e. The first kappa shape index (κ1) is 16.8. The maximum atomic E-state index is 12.0. The normalized spacial score (nSPS) is 15.8. The summed E-state index contributed by atoms with van der Waals surface area (Å²) in [6.07, 6.45) is 3.30. The van der Waals surface area contributed by atoms with Gasteiger partial charge in [-0.15, -0.1) is 0 Å². The fourth-order valence-corrected chi connectivity index (χ4v) is 2.12. The molecule has 1 N–H and O–H groups in total. The van der Waals surface area contributed by atoms with E-state index in [2.05, 4.69) is 9.98 Å². The van der Waals surface area contributed by atoms with Crippen molar-refractivity contribution in [2.45, 2.75) is 32.7 Å². The van der Waals surface area contributed by atoms with E-state index in [4.69, 9.17) is 27.9 Å². The van der Waals surface area contributed by atoms with Gasteiger partial charge in [0.1, 0.15) is 21.6 Å². The SMILES string of the molecule is CCOC(=O)/C(C=NC1CC1)=C(\O)c1cc(C)c(Cl)nc1Cl. The van der Waals surface area contributed by atoms with Crippen molar-refractivity contribution in [1.29, 1.82) is 0 Å². The van der Waals surface area contributed by atoms with E-state index in [9.17, 15) is 9.90 Å². The number of halogens is 2. The van der Waals surface area contributed by atoms with Gasteiger partial charge in [0.2, 0.25) is 0 Å². The molecular weight excluding hydrogens is 327 g/mol. The summed E-state index contributed by atoms with van der Waals surface area (Å²) in [5, 5.41) is 10.7. The van der Waals surface area contributed by atoms with Crippen LogP contribution in [0.1, 0.15) is 30.9 Å². The second-order valence-corrected chi connectivity index (χ2v) is 5.64. The Morgan fingerprint density at radius 3 is 2.77 bits per heavy atom. The summed E-state index contributed by atoms with van der Waals surface area (Å²) in [4.78, 5) is 20.2. The van der Waals surface area contributed by atoms with Crippen molar-refractivity contribution >= 4 is 41.1 Å². The fraction of sp³-hybridized carbons (Fsp3) is 0.400. The van der Waals surface area contributed by atoms with Crippen LogP contribution in [0.25, 0.3) is 5.76 Å². The maximum absolute atomic E-state index is 12.0. The monoisotopic (exact) mass is 342 g/mol. The van der Waals surface area contributed by atoms with Crippen LogP contribution in [0.5, 0.6) is 0 Å². The Kier molecular flexibility index (Phi) is 5.42. The lowest BCUT2D eigenvalue weighted by molar-refractivity contribution is -0.137. The highest BCUT2D eigenvalue weighted by Crippen LogP contribution is 2.28. The van der Waals surface area contributed by atoms with Crippen molar-refractivity contribution in [3.05, 3.63) is 33.1 Å². The lowest BCUT2D eigenvalue weighted by Gasteiger charge is -2.09. The van der Waals surface area contributed by atoms with Crippen molar-refractivity contribution in [1.82, 2.24) is 4.98 Å². The molecule has 1 fully saturated rings. The molecule has 0 bridgehead atoms. The zero-order valence-electron chi connectivity index (χ0n) is 12.3. The molecule has 5 nitrogen and oxygen atoms in total. The highest BCUT2D eigenvalue weighted by molar-refractivity contribution is 6.34. The molecular formula is C15H16Cl2N2O3. The van der Waals surface area contributed by atoms with E-state index in [0.29, 0.717) is 5.56 Å². The molecule has 0 aromatic carbocycles. The molecule has 0 saturated heterocycles. The van der Waals surface area contributed by atoms with Crippen LogP contribution in [-0.2, 0) is 9.53 Å². The minimum atomic E-state index is -0.659. The van der Waals surface area contributed by atoms with Crippen molar-refractivity contribution in [3.8, 4) is 0 Å². The number of esters is 1. The number of nitrogens with zero attached hydrogens (tertiary/aromatic N) is 2. The Bertz CT molecular complexity index is 652. The third kappa shape index (κ3) is 3.99. The third-order valence-electron chi connectivity index (χ3n) is 3.07. The van der Waals surface area contributed by atoms with Crippen LogP contribution >= 0.6 is 23.2 Å². The van der Waals surface area contributed by atoms with Crippen molar-refractivity contribution in [2.24, 2.45) is 4.99 Å². The number of aromatic nitrogens is 1. The molecule has 0 spiro atoms. The van der Waals surface area contributed by atoms with Gasteiger partial charge in [-0.05, 0) is 38.3 Å². The van der Waals surface area contributed by atoms with Gasteiger partial charge in [0.25, 0.3) is 0 Å². The van der Waals surface area contributed by atoms with Gasteiger partial charge in [-0.2, -0.15) is 0 Å². The molecule has 0 unspecified atom stereocenters. The standard InChI is InChI=1S/C15H16Cl2N2O3/c1-3-22-15(21)11(7-18-9-4-5-9)12(20)10-6-8(2)13(16)19-14(10)17/h6-7,9,20H,3-5H2,1-2H3/b12-11-,18-7?. The Morgan fingerprint density at radius 2 is 2.18 bits per heavy atom. The molecule has 118 valence electrons. The number of carbonyl (C=O) groups excluding carboxylic acids is 1. The van der Waals surface area contributed by atoms with E-state index in [1.807, 2.05) is 0 Å². The fourth-order valence-electron chi connectivity index (χ4n) is 1.70. The topological polar surface area (TPSA) is 71.8 Å². The van der Waals surface area contributed by atoms with E-state index in [1.54, 1.807) is 19.9 Å². The second kappa shape index (κ2) is 7.11. The Balaban J connectivity index is 2.47. The van der Waals surface area contributed by atoms with Crippen molar-refractivity contribution < 1.29 is 14.6 Å². The molecule has 0 aliphatic heterocycles. The molecule has 1 aromatic heterocycles. The van der Waals surface area contributed by atoms with Crippen LogP contribution in [0.15, 0.2) is 16.6 Å². The molecule has 1 saturated carbocycles. The number of aliphatic hydroxyl groups excluding tert-OH is 1. The van der Waals surface area contributed by atoms with Crippen LogP contribution in [0.3, 0.4) is 0 Å². The van der Waals surface area contributed by atoms with E-state index in [0.717, 1.165) is 12.8 Å². The van der Waals surface area contributed by atoms with Gasteiger partial charge in [-0.1, -0.05) is 23.2 Å². The van der Waals surface area contributed by atoms with Gasteiger partial charge in [0, 0.05) is 6.21 Å². The van der Waals surface area contributed by atoms with Gasteiger partial charge in [-0.25, -0.2) is 9.78 Å². The first-order valence-corrected chi connectivity index (χ1v) is 7.66. The first-order chi connectivity index (χ1) is 10.4. The van der Waals surface area contributed by atoms with Gasteiger partial charge >= 0.3 is 5.97 Å². The minimum absolute atomic E-state index is 0.00900. The summed E-state index contributed by atoms with van der Waals surface area (Å²) in [5.74, 6) is -0.979. The number of aliphatic hydroxyl groups is 1. The van der Waals surface area contributed by atoms with Crippen LogP contribution in [0.4, 0.5) is 0 Å². The summed E-state index contributed by atoms with van der Waals surface area (Å²) in [5.41, 5.74) is 0.808. The zero-order valence-corrected chi connectivity index (χ0v) is 13.8. The number of hydrogen-bond acceptors (Lipinski definition) is 5. The Morgan fingerprint density at radius 1 is 1.50 bits per heavy atom. The van der Waals surface area contributed by atoms with Gasteiger partial charge in [0.15, 0.2) is 0 Å².